The van der Waals surface area contributed by atoms with Crippen LogP contribution in [-0.2, 0) is 0 Å². The molecule has 0 aromatic heterocycles. The molecule has 0 radical (unpaired) electrons. The Morgan fingerprint density at radius 3 is 1.30 bits per heavy atom. The van der Waals surface area contributed by atoms with E-state index in [4.69, 9.17) is 0 Å². The van der Waals surface area contributed by atoms with E-state index >= 15 is 0 Å². The largest absolute Gasteiger partial charge is 0.0738 e. The van der Waals surface area contributed by atoms with Gasteiger partial charge in [0.15, 0.2) is 0 Å². The Morgan fingerprint density at radius 2 is 0.950 bits per heavy atom. The molecule has 0 fully saturated rings. The van der Waals surface area contributed by atoms with Crippen molar-refractivity contribution in [3.8, 4) is 0 Å². The summed E-state index contributed by atoms with van der Waals surface area (Å²) in [7, 11) is 7.60. The minimum Gasteiger partial charge on any atom is -0.0738 e. The van der Waals surface area contributed by atoms with Crippen molar-refractivity contribution in [2.45, 2.75) is 24.3 Å². The zero-order valence-electron chi connectivity index (χ0n) is 11.6. The normalized spacial score (nSPS) is 13.9. The van der Waals surface area contributed by atoms with Gasteiger partial charge < -0.3 is 0 Å². The predicted octanol–water partition coefficient (Wildman–Crippen LogP) is 7.19. The smallest absolute Gasteiger partial charge is 0.0381 e. The van der Waals surface area contributed by atoms with Gasteiger partial charge in [0.05, 0.1) is 0 Å². The summed E-state index contributed by atoms with van der Waals surface area (Å²) in [5.41, 5.74) is 2.79. The van der Waals surface area contributed by atoms with Crippen LogP contribution in [0.5, 0.6) is 0 Å². The van der Waals surface area contributed by atoms with E-state index in [9.17, 15) is 0 Å². The maximum Gasteiger partial charge on any atom is 0.0381 e. The molecule has 106 valence electrons. The van der Waals surface area contributed by atoms with Gasteiger partial charge in [0.2, 0.25) is 0 Å². The third-order valence-corrected chi connectivity index (χ3v) is 10.1. The molecule has 2 aromatic rings. The fraction of sp³-hybridized carbons (Fsp3) is 0.250. The molecule has 0 saturated heterocycles. The van der Waals surface area contributed by atoms with E-state index in [0.717, 1.165) is 0 Å². The van der Waals surface area contributed by atoms with Crippen LogP contribution in [-0.4, -0.2) is 0 Å². The van der Waals surface area contributed by atoms with E-state index in [1.807, 2.05) is 41.2 Å². The van der Waals surface area contributed by atoms with Crippen LogP contribution in [0.25, 0.3) is 0 Å². The Kier molecular flexibility index (Phi) is 7.28. The lowest BCUT2D eigenvalue weighted by molar-refractivity contribution is 1.11. The Balaban J connectivity index is 1.69. The molecule has 0 amide bonds. The van der Waals surface area contributed by atoms with Gasteiger partial charge in [-0.3, -0.25) is 0 Å². The molecule has 0 N–H and O–H groups in total. The summed E-state index contributed by atoms with van der Waals surface area (Å²) in [6.07, 6.45) is 0. The lowest BCUT2D eigenvalue weighted by Gasteiger charge is -2.12. The molecule has 0 heterocycles. The summed E-state index contributed by atoms with van der Waals surface area (Å²) in [5.74, 6) is 0. The molecule has 0 aliphatic rings. The molecule has 2 atom stereocenters. The summed E-state index contributed by atoms with van der Waals surface area (Å²) in [6.45, 7) is 4.53. The summed E-state index contributed by atoms with van der Waals surface area (Å²) in [6, 6.07) is 21.4. The van der Waals surface area contributed by atoms with Crippen LogP contribution >= 0.6 is 41.2 Å². The number of rotatable bonds is 7. The van der Waals surface area contributed by atoms with Crippen LogP contribution < -0.4 is 0 Å². The fourth-order valence-electron chi connectivity index (χ4n) is 1.71. The van der Waals surface area contributed by atoms with Crippen molar-refractivity contribution in [1.82, 2.24) is 0 Å². The quantitative estimate of drug-likeness (QED) is 0.387. The summed E-state index contributed by atoms with van der Waals surface area (Å²) >= 11 is 0. The molecule has 0 spiro atoms. The van der Waals surface area contributed by atoms with Crippen molar-refractivity contribution in [2.24, 2.45) is 0 Å². The molecule has 0 saturated carbocycles. The van der Waals surface area contributed by atoms with Crippen molar-refractivity contribution in [1.29, 1.82) is 0 Å². The monoisotopic (exact) mass is 338 g/mol. The van der Waals surface area contributed by atoms with Gasteiger partial charge in [-0.05, 0) is 44.6 Å². The Hall–Kier alpha value is -0.160. The van der Waals surface area contributed by atoms with Crippen molar-refractivity contribution in [3.63, 3.8) is 0 Å². The second kappa shape index (κ2) is 8.98. The maximum atomic E-state index is 2.26. The highest BCUT2D eigenvalue weighted by Gasteiger charge is 2.09. The summed E-state index contributed by atoms with van der Waals surface area (Å²) in [4.78, 5) is 0. The Morgan fingerprint density at radius 1 is 0.600 bits per heavy atom. The van der Waals surface area contributed by atoms with Crippen LogP contribution in [0.2, 0.25) is 0 Å². The average Bonchev–Trinajstić information content (AvgIpc) is 2.53. The van der Waals surface area contributed by atoms with Crippen molar-refractivity contribution in [2.75, 3.05) is 0 Å². The van der Waals surface area contributed by atoms with Crippen LogP contribution in [0.1, 0.15) is 35.5 Å². The molecular formula is C16H18S4. The first-order valence-corrected chi connectivity index (χ1v) is 11.5. The standard InChI is InChI=1S/C16H18S4/c1-13(15-9-5-3-6-10-15)17-19-20-18-14(2)16-11-7-4-8-12-16/h3-14H,1-2H3. The van der Waals surface area contributed by atoms with Gasteiger partial charge in [-0.15, -0.1) is 0 Å². The lowest BCUT2D eigenvalue weighted by Crippen LogP contribution is -1.84. The molecule has 2 unspecified atom stereocenters. The first-order chi connectivity index (χ1) is 9.77. The molecule has 0 bridgehead atoms. The van der Waals surface area contributed by atoms with Crippen molar-refractivity contribution < 1.29 is 0 Å². The average molecular weight is 339 g/mol. The van der Waals surface area contributed by atoms with E-state index in [0.29, 0.717) is 10.5 Å². The maximum absolute atomic E-state index is 2.26. The lowest BCUT2D eigenvalue weighted by atomic mass is 10.2. The highest BCUT2D eigenvalue weighted by molar-refractivity contribution is 9.26. The van der Waals surface area contributed by atoms with Gasteiger partial charge in [0.25, 0.3) is 0 Å². The van der Waals surface area contributed by atoms with E-state index in [1.165, 1.54) is 11.1 Å². The van der Waals surface area contributed by atoms with Crippen molar-refractivity contribution in [3.05, 3.63) is 71.8 Å². The molecule has 4 heteroatoms. The molecule has 2 aromatic carbocycles. The zero-order valence-corrected chi connectivity index (χ0v) is 14.8. The first-order valence-electron chi connectivity index (χ1n) is 6.52. The Labute approximate surface area is 137 Å². The highest BCUT2D eigenvalue weighted by Crippen LogP contribution is 2.53. The molecule has 2 rings (SSSR count). The minimum atomic E-state index is 0.529. The van der Waals surface area contributed by atoms with Gasteiger partial charge in [0.1, 0.15) is 0 Å². The topological polar surface area (TPSA) is 0 Å². The fourth-order valence-corrected chi connectivity index (χ4v) is 8.54. The van der Waals surface area contributed by atoms with Crippen LogP contribution in [0.3, 0.4) is 0 Å². The summed E-state index contributed by atoms with van der Waals surface area (Å²) < 4.78 is 0. The number of hydrogen-bond donors (Lipinski definition) is 0. The van der Waals surface area contributed by atoms with Crippen LogP contribution in [0.15, 0.2) is 60.7 Å². The van der Waals surface area contributed by atoms with Gasteiger partial charge in [0, 0.05) is 10.5 Å². The molecule has 0 nitrogen and oxygen atoms in total. The van der Waals surface area contributed by atoms with E-state index < -0.39 is 0 Å². The van der Waals surface area contributed by atoms with Gasteiger partial charge in [-0.2, -0.15) is 0 Å². The van der Waals surface area contributed by atoms with Crippen LogP contribution in [0.4, 0.5) is 0 Å². The molecule has 0 aliphatic carbocycles. The molecular weight excluding hydrogens is 320 g/mol. The van der Waals surface area contributed by atoms with E-state index in [2.05, 4.69) is 74.5 Å². The zero-order chi connectivity index (χ0) is 14.2. The molecule has 20 heavy (non-hydrogen) atoms. The highest BCUT2D eigenvalue weighted by atomic mass is 33.7. The van der Waals surface area contributed by atoms with E-state index in [-0.39, 0.29) is 0 Å². The predicted molar refractivity (Wildman–Crippen MR) is 100 cm³/mol. The Bertz CT molecular complexity index is 439. The third-order valence-electron chi connectivity index (χ3n) is 2.93. The van der Waals surface area contributed by atoms with Gasteiger partial charge in [-0.25, -0.2) is 0 Å². The van der Waals surface area contributed by atoms with Crippen LogP contribution in [0, 0.1) is 0 Å². The number of hydrogen-bond acceptors (Lipinski definition) is 4. The third kappa shape index (κ3) is 5.32. The number of benzene rings is 2. The minimum absolute atomic E-state index is 0.529. The summed E-state index contributed by atoms with van der Waals surface area (Å²) in [5, 5.41) is 1.06. The second-order valence-corrected chi connectivity index (χ2v) is 10.9. The molecule has 0 aliphatic heterocycles. The van der Waals surface area contributed by atoms with Gasteiger partial charge in [-0.1, -0.05) is 82.3 Å². The SMILES string of the molecule is CC(SSSSC(C)c1ccccc1)c1ccccc1. The van der Waals surface area contributed by atoms with E-state index in [1.54, 1.807) is 0 Å². The first kappa shape index (κ1) is 16.2. The van der Waals surface area contributed by atoms with Crippen molar-refractivity contribution >= 4 is 41.2 Å². The second-order valence-electron chi connectivity index (χ2n) is 4.43. The van der Waals surface area contributed by atoms with Gasteiger partial charge >= 0.3 is 0 Å².